The van der Waals surface area contributed by atoms with Crippen LogP contribution < -0.4 is 11.3 Å². The van der Waals surface area contributed by atoms with E-state index in [1.807, 2.05) is 20.8 Å². The number of nitrogens with one attached hydrogen (secondary N) is 1. The Balaban J connectivity index is 4.08. The second-order valence-corrected chi connectivity index (χ2v) is 3.02. The van der Waals surface area contributed by atoms with Gasteiger partial charge < -0.3 is 9.47 Å². The standard InChI is InChI=1S/C11H22N2O2/c1-4-7-8-9-10(13-12)11(14-5-2)15-6-3/h10-11,13H,5-6,8-9,12H2,1-3H3. The highest BCUT2D eigenvalue weighted by Gasteiger charge is 2.20. The van der Waals surface area contributed by atoms with Gasteiger partial charge in [-0.3, -0.25) is 11.3 Å². The van der Waals surface area contributed by atoms with Gasteiger partial charge in [-0.25, -0.2) is 0 Å². The van der Waals surface area contributed by atoms with Crippen LogP contribution in [0.3, 0.4) is 0 Å². The molecule has 0 aliphatic heterocycles. The Morgan fingerprint density at radius 2 is 1.87 bits per heavy atom. The summed E-state index contributed by atoms with van der Waals surface area (Å²) >= 11 is 0. The maximum atomic E-state index is 5.46. The molecule has 1 atom stereocenters. The van der Waals surface area contributed by atoms with Crippen molar-refractivity contribution in [2.75, 3.05) is 13.2 Å². The highest BCUT2D eigenvalue weighted by molar-refractivity contribution is 4.95. The third-order valence-electron chi connectivity index (χ3n) is 1.96. The molecule has 4 heteroatoms. The van der Waals surface area contributed by atoms with Crippen molar-refractivity contribution in [3.8, 4) is 11.8 Å². The van der Waals surface area contributed by atoms with Gasteiger partial charge in [0.1, 0.15) is 0 Å². The summed E-state index contributed by atoms with van der Waals surface area (Å²) in [6, 6.07) is -0.00856. The van der Waals surface area contributed by atoms with Crippen molar-refractivity contribution in [2.45, 2.75) is 45.9 Å². The number of hydrogen-bond donors (Lipinski definition) is 2. The van der Waals surface area contributed by atoms with Crippen LogP contribution in [0.2, 0.25) is 0 Å². The Kier molecular flexibility index (Phi) is 9.54. The van der Waals surface area contributed by atoms with E-state index < -0.39 is 0 Å². The van der Waals surface area contributed by atoms with Crippen molar-refractivity contribution in [3.05, 3.63) is 0 Å². The minimum atomic E-state index is -0.288. The first-order valence-corrected chi connectivity index (χ1v) is 5.39. The van der Waals surface area contributed by atoms with Crippen molar-refractivity contribution in [1.82, 2.24) is 5.43 Å². The average molecular weight is 214 g/mol. The smallest absolute Gasteiger partial charge is 0.174 e. The molecule has 0 aliphatic rings. The van der Waals surface area contributed by atoms with Gasteiger partial charge in [0.05, 0.1) is 6.04 Å². The van der Waals surface area contributed by atoms with E-state index in [0.717, 1.165) is 12.8 Å². The molecule has 0 saturated heterocycles. The van der Waals surface area contributed by atoms with Crippen LogP contribution in [0.25, 0.3) is 0 Å². The van der Waals surface area contributed by atoms with Crippen molar-refractivity contribution in [3.63, 3.8) is 0 Å². The summed E-state index contributed by atoms with van der Waals surface area (Å²) < 4.78 is 10.9. The van der Waals surface area contributed by atoms with E-state index >= 15 is 0 Å². The van der Waals surface area contributed by atoms with Gasteiger partial charge in [-0.1, -0.05) is 0 Å². The Morgan fingerprint density at radius 1 is 1.27 bits per heavy atom. The lowest BCUT2D eigenvalue weighted by Crippen LogP contribution is -2.46. The molecule has 0 heterocycles. The summed E-state index contributed by atoms with van der Waals surface area (Å²) in [6.45, 7) is 6.93. The minimum absolute atomic E-state index is 0.00856. The van der Waals surface area contributed by atoms with E-state index in [2.05, 4.69) is 17.3 Å². The summed E-state index contributed by atoms with van der Waals surface area (Å²) in [5, 5.41) is 0. The second kappa shape index (κ2) is 9.94. The molecule has 0 spiro atoms. The molecule has 0 aliphatic carbocycles. The van der Waals surface area contributed by atoms with Crippen LogP contribution in [0.1, 0.15) is 33.6 Å². The van der Waals surface area contributed by atoms with E-state index in [1.165, 1.54) is 0 Å². The molecule has 1 unspecified atom stereocenters. The van der Waals surface area contributed by atoms with Gasteiger partial charge >= 0.3 is 0 Å². The fourth-order valence-corrected chi connectivity index (χ4v) is 1.26. The van der Waals surface area contributed by atoms with E-state index in [-0.39, 0.29) is 12.3 Å². The van der Waals surface area contributed by atoms with Crippen molar-refractivity contribution in [2.24, 2.45) is 5.84 Å². The quantitative estimate of drug-likeness (QED) is 0.274. The number of nitrogens with two attached hydrogens (primary N) is 1. The maximum absolute atomic E-state index is 5.46. The van der Waals surface area contributed by atoms with Crippen LogP contribution in [-0.4, -0.2) is 25.5 Å². The average Bonchev–Trinajstić information content (AvgIpc) is 2.24. The molecule has 88 valence electrons. The first-order valence-electron chi connectivity index (χ1n) is 5.39. The van der Waals surface area contributed by atoms with Crippen LogP contribution in [0, 0.1) is 11.8 Å². The first-order chi connectivity index (χ1) is 7.29. The molecule has 0 saturated carbocycles. The predicted octanol–water partition coefficient (Wildman–Crippen LogP) is 1.02. The lowest BCUT2D eigenvalue weighted by atomic mass is 10.1. The molecule has 0 aromatic rings. The molecule has 0 aromatic heterocycles. The lowest BCUT2D eigenvalue weighted by molar-refractivity contribution is -0.154. The van der Waals surface area contributed by atoms with Crippen LogP contribution in [0.5, 0.6) is 0 Å². The molecule has 4 nitrogen and oxygen atoms in total. The van der Waals surface area contributed by atoms with Gasteiger partial charge in [-0.2, -0.15) is 0 Å². The zero-order valence-electron chi connectivity index (χ0n) is 9.88. The summed E-state index contributed by atoms with van der Waals surface area (Å²) in [4.78, 5) is 0. The third-order valence-corrected chi connectivity index (χ3v) is 1.96. The van der Waals surface area contributed by atoms with Gasteiger partial charge in [0.25, 0.3) is 0 Å². The Hall–Kier alpha value is -0.600. The summed E-state index contributed by atoms with van der Waals surface area (Å²) in [6.07, 6.45) is 1.33. The maximum Gasteiger partial charge on any atom is 0.174 e. The van der Waals surface area contributed by atoms with Crippen LogP contribution in [0.4, 0.5) is 0 Å². The topological polar surface area (TPSA) is 56.5 Å². The van der Waals surface area contributed by atoms with Crippen molar-refractivity contribution in [1.29, 1.82) is 0 Å². The van der Waals surface area contributed by atoms with Gasteiger partial charge in [0.15, 0.2) is 6.29 Å². The number of hydrogen-bond acceptors (Lipinski definition) is 4. The highest BCUT2D eigenvalue weighted by atomic mass is 16.7. The normalized spacial score (nSPS) is 12.3. The zero-order valence-corrected chi connectivity index (χ0v) is 9.88. The predicted molar refractivity (Wildman–Crippen MR) is 60.8 cm³/mol. The van der Waals surface area contributed by atoms with Crippen molar-refractivity contribution < 1.29 is 9.47 Å². The number of hydrazine groups is 1. The number of rotatable bonds is 8. The van der Waals surface area contributed by atoms with Gasteiger partial charge in [0.2, 0.25) is 0 Å². The fourth-order valence-electron chi connectivity index (χ4n) is 1.26. The van der Waals surface area contributed by atoms with Gasteiger partial charge in [0, 0.05) is 19.6 Å². The molecular formula is C11H22N2O2. The Labute approximate surface area is 92.5 Å². The monoisotopic (exact) mass is 214 g/mol. The molecule has 0 rings (SSSR count). The summed E-state index contributed by atoms with van der Waals surface area (Å²) in [5.41, 5.74) is 2.71. The van der Waals surface area contributed by atoms with E-state index in [4.69, 9.17) is 15.3 Å². The summed E-state index contributed by atoms with van der Waals surface area (Å²) in [7, 11) is 0. The molecule has 0 radical (unpaired) electrons. The largest absolute Gasteiger partial charge is 0.351 e. The molecule has 0 amide bonds. The van der Waals surface area contributed by atoms with Gasteiger partial charge in [-0.05, 0) is 27.2 Å². The SMILES string of the molecule is CC#CCCC(NN)C(OCC)OCC. The minimum Gasteiger partial charge on any atom is -0.351 e. The molecule has 0 aromatic carbocycles. The molecule has 0 fully saturated rings. The van der Waals surface area contributed by atoms with Crippen LogP contribution in [0.15, 0.2) is 0 Å². The highest BCUT2D eigenvalue weighted by Crippen LogP contribution is 2.07. The fraction of sp³-hybridized carbons (Fsp3) is 0.818. The Bertz CT molecular complexity index is 192. The third kappa shape index (κ3) is 6.47. The Morgan fingerprint density at radius 3 is 2.27 bits per heavy atom. The second-order valence-electron chi connectivity index (χ2n) is 3.02. The molecule has 3 N–H and O–H groups in total. The number of ether oxygens (including phenoxy) is 2. The van der Waals surface area contributed by atoms with E-state index in [1.54, 1.807) is 0 Å². The van der Waals surface area contributed by atoms with E-state index in [0.29, 0.717) is 13.2 Å². The first kappa shape index (κ1) is 14.4. The van der Waals surface area contributed by atoms with E-state index in [9.17, 15) is 0 Å². The molecule has 0 bridgehead atoms. The van der Waals surface area contributed by atoms with Gasteiger partial charge in [-0.15, -0.1) is 11.8 Å². The molecular weight excluding hydrogens is 192 g/mol. The van der Waals surface area contributed by atoms with Crippen LogP contribution in [-0.2, 0) is 9.47 Å². The van der Waals surface area contributed by atoms with Crippen LogP contribution >= 0.6 is 0 Å². The van der Waals surface area contributed by atoms with Crippen molar-refractivity contribution >= 4 is 0 Å². The zero-order chi connectivity index (χ0) is 11.5. The lowest BCUT2D eigenvalue weighted by Gasteiger charge is -2.25. The molecule has 15 heavy (non-hydrogen) atoms. The summed E-state index contributed by atoms with van der Waals surface area (Å²) in [5.74, 6) is 11.3.